The Morgan fingerprint density at radius 3 is 2.48 bits per heavy atom. The van der Waals surface area contributed by atoms with Gasteiger partial charge in [-0.2, -0.15) is 0 Å². The number of rotatable bonds is 6. The van der Waals surface area contributed by atoms with Crippen LogP contribution in [0.1, 0.15) is 19.8 Å². The zero-order valence-electron chi connectivity index (χ0n) is 15.5. The number of nitrogens with one attached hydrogen (secondary N) is 1. The van der Waals surface area contributed by atoms with E-state index < -0.39 is 0 Å². The first-order chi connectivity index (χ1) is 13.1. The molecule has 146 valence electrons. The van der Waals surface area contributed by atoms with E-state index in [1.54, 1.807) is 41.0 Å². The molecule has 0 aromatic heterocycles. The third-order valence-electron chi connectivity index (χ3n) is 4.57. The summed E-state index contributed by atoms with van der Waals surface area (Å²) in [4.78, 5) is 39.1. The Labute approximate surface area is 158 Å². The second-order valence-electron chi connectivity index (χ2n) is 6.65. The van der Waals surface area contributed by atoms with Crippen molar-refractivity contribution in [2.24, 2.45) is 5.92 Å². The standard InChI is InChI=1S/C19H25N3O5/c1-2-26-19(25)22-10-8-21(9-11-22)17(23)13-27-16-5-3-4-15(12-16)20-18(24)14-6-7-14/h3-5,12,14H,2,6-11,13H2,1H3,(H,20,24). The van der Waals surface area contributed by atoms with Gasteiger partial charge in [0.1, 0.15) is 5.75 Å². The third-order valence-corrected chi connectivity index (χ3v) is 4.57. The number of carbonyl (C=O) groups is 3. The van der Waals surface area contributed by atoms with Crippen molar-refractivity contribution in [2.75, 3.05) is 44.7 Å². The molecule has 1 aromatic rings. The first kappa shape index (κ1) is 19.0. The van der Waals surface area contributed by atoms with Gasteiger partial charge in [0.25, 0.3) is 5.91 Å². The number of carbonyl (C=O) groups excluding carboxylic acids is 3. The Hall–Kier alpha value is -2.77. The number of nitrogens with zero attached hydrogens (tertiary/aromatic N) is 2. The zero-order chi connectivity index (χ0) is 19.2. The lowest BCUT2D eigenvalue weighted by molar-refractivity contribution is -0.135. The highest BCUT2D eigenvalue weighted by Gasteiger charge is 2.29. The molecule has 27 heavy (non-hydrogen) atoms. The predicted molar refractivity (Wildman–Crippen MR) is 98.5 cm³/mol. The van der Waals surface area contributed by atoms with Crippen molar-refractivity contribution in [1.29, 1.82) is 0 Å². The van der Waals surface area contributed by atoms with Gasteiger partial charge in [0.15, 0.2) is 6.61 Å². The van der Waals surface area contributed by atoms with E-state index in [1.807, 2.05) is 0 Å². The normalized spacial score (nSPS) is 16.6. The fraction of sp³-hybridized carbons (Fsp3) is 0.526. The molecule has 0 unspecified atom stereocenters. The van der Waals surface area contributed by atoms with Crippen molar-refractivity contribution in [1.82, 2.24) is 9.80 Å². The lowest BCUT2D eigenvalue weighted by Gasteiger charge is -2.33. The molecule has 0 radical (unpaired) electrons. The van der Waals surface area contributed by atoms with Crippen LogP contribution >= 0.6 is 0 Å². The van der Waals surface area contributed by atoms with Gasteiger partial charge in [-0.3, -0.25) is 9.59 Å². The summed E-state index contributed by atoms with van der Waals surface area (Å²) in [6.07, 6.45) is 1.55. The number of anilines is 1. The van der Waals surface area contributed by atoms with E-state index in [-0.39, 0.29) is 30.4 Å². The summed E-state index contributed by atoms with van der Waals surface area (Å²) < 4.78 is 10.6. The third kappa shape index (κ3) is 5.35. The summed E-state index contributed by atoms with van der Waals surface area (Å²) in [5.74, 6) is 0.556. The highest BCUT2D eigenvalue weighted by molar-refractivity contribution is 5.94. The molecule has 3 amide bonds. The number of amides is 3. The molecule has 0 bridgehead atoms. The topological polar surface area (TPSA) is 88.2 Å². The molecule has 1 saturated carbocycles. The van der Waals surface area contributed by atoms with Gasteiger partial charge in [-0.25, -0.2) is 4.79 Å². The fourth-order valence-electron chi connectivity index (χ4n) is 2.84. The highest BCUT2D eigenvalue weighted by atomic mass is 16.6. The number of piperazine rings is 1. The predicted octanol–water partition coefficient (Wildman–Crippen LogP) is 1.71. The van der Waals surface area contributed by atoms with Crippen molar-refractivity contribution in [3.8, 4) is 5.75 Å². The molecule has 1 heterocycles. The largest absolute Gasteiger partial charge is 0.484 e. The zero-order valence-corrected chi connectivity index (χ0v) is 15.5. The quantitative estimate of drug-likeness (QED) is 0.818. The van der Waals surface area contributed by atoms with Crippen molar-refractivity contribution >= 4 is 23.6 Å². The Balaban J connectivity index is 1.44. The molecule has 1 aliphatic heterocycles. The van der Waals surface area contributed by atoms with Gasteiger partial charge < -0.3 is 24.6 Å². The molecule has 1 saturated heterocycles. The van der Waals surface area contributed by atoms with Gasteiger partial charge >= 0.3 is 6.09 Å². The molecule has 3 rings (SSSR count). The molecule has 8 heteroatoms. The second kappa shape index (κ2) is 8.75. The van der Waals surface area contributed by atoms with E-state index in [2.05, 4.69) is 5.32 Å². The van der Waals surface area contributed by atoms with E-state index >= 15 is 0 Å². The number of hydrogen-bond acceptors (Lipinski definition) is 5. The van der Waals surface area contributed by atoms with Crippen molar-refractivity contribution in [2.45, 2.75) is 19.8 Å². The van der Waals surface area contributed by atoms with Gasteiger partial charge in [0, 0.05) is 43.9 Å². The smallest absolute Gasteiger partial charge is 0.409 e. The van der Waals surface area contributed by atoms with Crippen LogP contribution in [-0.4, -0.2) is 67.1 Å². The van der Waals surface area contributed by atoms with Gasteiger partial charge in [0.05, 0.1) is 6.61 Å². The van der Waals surface area contributed by atoms with Crippen LogP contribution < -0.4 is 10.1 Å². The summed E-state index contributed by atoms with van der Waals surface area (Å²) in [5, 5.41) is 2.86. The van der Waals surface area contributed by atoms with E-state index in [4.69, 9.17) is 9.47 Å². The fourth-order valence-corrected chi connectivity index (χ4v) is 2.84. The first-order valence-electron chi connectivity index (χ1n) is 9.30. The van der Waals surface area contributed by atoms with E-state index in [0.717, 1.165) is 12.8 Å². The van der Waals surface area contributed by atoms with Gasteiger partial charge in [-0.05, 0) is 31.9 Å². The monoisotopic (exact) mass is 375 g/mol. The minimum atomic E-state index is -0.342. The van der Waals surface area contributed by atoms with E-state index in [0.29, 0.717) is 44.2 Å². The lowest BCUT2D eigenvalue weighted by Crippen LogP contribution is -2.51. The van der Waals surface area contributed by atoms with Crippen LogP contribution in [0.4, 0.5) is 10.5 Å². The molecule has 8 nitrogen and oxygen atoms in total. The number of hydrogen-bond donors (Lipinski definition) is 1. The average Bonchev–Trinajstić information content (AvgIpc) is 3.52. The van der Waals surface area contributed by atoms with E-state index in [9.17, 15) is 14.4 Å². The maximum Gasteiger partial charge on any atom is 0.409 e. The van der Waals surface area contributed by atoms with Gasteiger partial charge in [0.2, 0.25) is 5.91 Å². The molecule has 0 atom stereocenters. The summed E-state index contributed by atoms with van der Waals surface area (Å²) in [7, 11) is 0. The molecule has 1 aliphatic carbocycles. The molecule has 1 N–H and O–H groups in total. The minimum absolute atomic E-state index is 0.0303. The Morgan fingerprint density at radius 2 is 1.81 bits per heavy atom. The van der Waals surface area contributed by atoms with Crippen molar-refractivity contribution in [3.63, 3.8) is 0 Å². The van der Waals surface area contributed by atoms with Crippen molar-refractivity contribution in [3.05, 3.63) is 24.3 Å². The van der Waals surface area contributed by atoms with Gasteiger partial charge in [-0.1, -0.05) is 6.07 Å². The average molecular weight is 375 g/mol. The molecule has 2 aliphatic rings. The molecular weight excluding hydrogens is 350 g/mol. The molecule has 2 fully saturated rings. The molecular formula is C19H25N3O5. The minimum Gasteiger partial charge on any atom is -0.484 e. The van der Waals surface area contributed by atoms with Crippen LogP contribution in [0.5, 0.6) is 5.75 Å². The Kier molecular flexibility index (Phi) is 6.16. The highest BCUT2D eigenvalue weighted by Crippen LogP contribution is 2.30. The van der Waals surface area contributed by atoms with Crippen LogP contribution in [0.25, 0.3) is 0 Å². The SMILES string of the molecule is CCOC(=O)N1CCN(C(=O)COc2cccc(NC(=O)C3CC3)c2)CC1. The maximum atomic E-state index is 12.3. The summed E-state index contributed by atoms with van der Waals surface area (Å²) in [6, 6.07) is 7.04. The number of benzene rings is 1. The maximum absolute atomic E-state index is 12.3. The van der Waals surface area contributed by atoms with Crippen LogP contribution in [0.15, 0.2) is 24.3 Å². The van der Waals surface area contributed by atoms with Gasteiger partial charge in [-0.15, -0.1) is 0 Å². The lowest BCUT2D eigenvalue weighted by atomic mass is 10.3. The van der Waals surface area contributed by atoms with E-state index in [1.165, 1.54) is 0 Å². The van der Waals surface area contributed by atoms with Crippen molar-refractivity contribution < 1.29 is 23.9 Å². The summed E-state index contributed by atoms with van der Waals surface area (Å²) >= 11 is 0. The number of ether oxygens (including phenoxy) is 2. The summed E-state index contributed by atoms with van der Waals surface area (Å²) in [6.45, 7) is 3.84. The molecule has 1 aromatic carbocycles. The Morgan fingerprint density at radius 1 is 1.11 bits per heavy atom. The van der Waals surface area contributed by atoms with Crippen LogP contribution in [0, 0.1) is 5.92 Å². The Bertz CT molecular complexity index is 696. The molecule has 0 spiro atoms. The second-order valence-corrected chi connectivity index (χ2v) is 6.65. The van der Waals surface area contributed by atoms with Crippen LogP contribution in [0.2, 0.25) is 0 Å². The van der Waals surface area contributed by atoms with Crippen LogP contribution in [0.3, 0.4) is 0 Å². The summed E-state index contributed by atoms with van der Waals surface area (Å²) in [5.41, 5.74) is 0.667. The first-order valence-corrected chi connectivity index (χ1v) is 9.30. The van der Waals surface area contributed by atoms with Crippen LogP contribution in [-0.2, 0) is 14.3 Å².